The summed E-state index contributed by atoms with van der Waals surface area (Å²) in [4.78, 5) is 8.59. The third kappa shape index (κ3) is 5.83. The van der Waals surface area contributed by atoms with Gasteiger partial charge in [-0.05, 0) is 36.8 Å². The Balaban J connectivity index is 1.92. The number of hydrogen-bond donors (Lipinski definition) is 2. The van der Waals surface area contributed by atoms with E-state index in [1.807, 2.05) is 31.2 Å². The minimum absolute atomic E-state index is 0.375. The fourth-order valence-electron chi connectivity index (χ4n) is 2.25. The Hall–Kier alpha value is -2.47. The van der Waals surface area contributed by atoms with Crippen LogP contribution >= 0.6 is 11.6 Å². The number of nitrogens with two attached hydrogens (primary N) is 1. The molecule has 0 saturated carbocycles. The average Bonchev–Trinajstić information content (AvgIpc) is 2.62. The fourth-order valence-corrected chi connectivity index (χ4v) is 2.53. The fraction of sp³-hybridized carbons (Fsp3) is 0.333. The second kappa shape index (κ2) is 9.74. The normalized spacial score (nSPS) is 11.2. The minimum atomic E-state index is 0.375. The number of rotatable bonds is 8. The summed E-state index contributed by atoms with van der Waals surface area (Å²) in [6.45, 7) is 3.47. The molecular weight excluding hydrogens is 340 g/mol. The molecule has 0 aliphatic rings. The van der Waals surface area contributed by atoms with Crippen LogP contribution in [0.3, 0.4) is 0 Å². The molecule has 0 unspecified atom stereocenters. The quantitative estimate of drug-likeness (QED) is 0.557. The molecule has 3 N–H and O–H groups in total. The van der Waals surface area contributed by atoms with E-state index in [-0.39, 0.29) is 0 Å². The van der Waals surface area contributed by atoms with E-state index in [9.17, 15) is 0 Å². The van der Waals surface area contributed by atoms with E-state index >= 15 is 0 Å². The number of pyridine rings is 1. The SMILES string of the molecule is CCOc1c(Cl)cc(CN=C(N)NCCc2ccccn2)cc1OC. The number of hydrogen-bond acceptors (Lipinski definition) is 4. The van der Waals surface area contributed by atoms with Gasteiger partial charge in [0.05, 0.1) is 25.3 Å². The molecule has 0 radical (unpaired) electrons. The van der Waals surface area contributed by atoms with Gasteiger partial charge in [0.2, 0.25) is 0 Å². The summed E-state index contributed by atoms with van der Waals surface area (Å²) in [6, 6.07) is 9.48. The topological polar surface area (TPSA) is 81.8 Å². The molecule has 0 spiro atoms. The molecule has 0 amide bonds. The van der Waals surface area contributed by atoms with Gasteiger partial charge in [0, 0.05) is 24.9 Å². The molecule has 1 aromatic carbocycles. The first kappa shape index (κ1) is 18.9. The zero-order valence-electron chi connectivity index (χ0n) is 14.5. The van der Waals surface area contributed by atoms with Crippen molar-refractivity contribution in [2.45, 2.75) is 19.9 Å². The van der Waals surface area contributed by atoms with Crippen molar-refractivity contribution in [3.05, 3.63) is 52.8 Å². The Labute approximate surface area is 153 Å². The number of guanidine groups is 1. The molecule has 0 aliphatic heterocycles. The Bertz CT molecular complexity index is 708. The molecule has 2 aromatic rings. The van der Waals surface area contributed by atoms with Gasteiger partial charge in [-0.15, -0.1) is 0 Å². The van der Waals surface area contributed by atoms with Crippen LogP contribution < -0.4 is 20.5 Å². The lowest BCUT2D eigenvalue weighted by atomic mass is 10.2. The number of halogens is 1. The second-order valence-corrected chi connectivity index (χ2v) is 5.65. The molecule has 2 rings (SSSR count). The van der Waals surface area contributed by atoms with Crippen molar-refractivity contribution in [2.75, 3.05) is 20.3 Å². The van der Waals surface area contributed by atoms with Crippen LogP contribution in [0.5, 0.6) is 11.5 Å². The van der Waals surface area contributed by atoms with Crippen molar-refractivity contribution in [3.8, 4) is 11.5 Å². The lowest BCUT2D eigenvalue weighted by Crippen LogP contribution is -2.33. The van der Waals surface area contributed by atoms with Gasteiger partial charge in [0.25, 0.3) is 0 Å². The first-order chi connectivity index (χ1) is 12.1. The third-order valence-corrected chi connectivity index (χ3v) is 3.70. The smallest absolute Gasteiger partial charge is 0.188 e. The molecule has 1 aromatic heterocycles. The summed E-state index contributed by atoms with van der Waals surface area (Å²) in [7, 11) is 1.58. The highest BCUT2D eigenvalue weighted by Crippen LogP contribution is 2.36. The number of benzene rings is 1. The van der Waals surface area contributed by atoms with E-state index in [1.165, 1.54) is 0 Å². The zero-order valence-corrected chi connectivity index (χ0v) is 15.2. The van der Waals surface area contributed by atoms with E-state index in [2.05, 4.69) is 15.3 Å². The molecule has 134 valence electrons. The monoisotopic (exact) mass is 362 g/mol. The van der Waals surface area contributed by atoms with Crippen LogP contribution in [0.2, 0.25) is 5.02 Å². The summed E-state index contributed by atoms with van der Waals surface area (Å²) in [5.74, 6) is 1.50. The molecule has 0 saturated heterocycles. The largest absolute Gasteiger partial charge is 0.493 e. The van der Waals surface area contributed by atoms with Gasteiger partial charge < -0.3 is 20.5 Å². The van der Waals surface area contributed by atoms with Gasteiger partial charge in [-0.2, -0.15) is 0 Å². The summed E-state index contributed by atoms with van der Waals surface area (Å²) in [5.41, 5.74) is 7.80. The predicted octanol–water partition coefficient (Wildman–Crippen LogP) is 2.79. The first-order valence-corrected chi connectivity index (χ1v) is 8.44. The van der Waals surface area contributed by atoms with Crippen LogP contribution in [0.1, 0.15) is 18.2 Å². The lowest BCUT2D eigenvalue weighted by Gasteiger charge is -2.12. The number of ether oxygens (including phenoxy) is 2. The van der Waals surface area contributed by atoms with Gasteiger partial charge in [-0.3, -0.25) is 4.98 Å². The number of aromatic nitrogens is 1. The van der Waals surface area contributed by atoms with Crippen molar-refractivity contribution in [1.82, 2.24) is 10.3 Å². The molecule has 1 heterocycles. The molecule has 0 bridgehead atoms. The van der Waals surface area contributed by atoms with Crippen LogP contribution in [0.25, 0.3) is 0 Å². The predicted molar refractivity (Wildman–Crippen MR) is 100 cm³/mol. The van der Waals surface area contributed by atoms with E-state index in [1.54, 1.807) is 19.4 Å². The zero-order chi connectivity index (χ0) is 18.1. The van der Waals surface area contributed by atoms with E-state index in [0.29, 0.717) is 42.2 Å². The Morgan fingerprint density at radius 2 is 2.20 bits per heavy atom. The van der Waals surface area contributed by atoms with E-state index < -0.39 is 0 Å². The lowest BCUT2D eigenvalue weighted by molar-refractivity contribution is 0.311. The molecule has 25 heavy (non-hydrogen) atoms. The van der Waals surface area contributed by atoms with Gasteiger partial charge >= 0.3 is 0 Å². The van der Waals surface area contributed by atoms with Crippen molar-refractivity contribution in [3.63, 3.8) is 0 Å². The van der Waals surface area contributed by atoms with Crippen LogP contribution in [-0.2, 0) is 13.0 Å². The maximum Gasteiger partial charge on any atom is 0.188 e. The van der Waals surface area contributed by atoms with Crippen LogP contribution in [-0.4, -0.2) is 31.2 Å². The number of nitrogens with zero attached hydrogens (tertiary/aromatic N) is 2. The highest BCUT2D eigenvalue weighted by Gasteiger charge is 2.11. The van der Waals surface area contributed by atoms with Gasteiger partial charge in [0.1, 0.15) is 0 Å². The summed E-state index contributed by atoms with van der Waals surface area (Å²) in [6.07, 6.45) is 2.55. The van der Waals surface area contributed by atoms with Crippen molar-refractivity contribution >= 4 is 17.6 Å². The number of methoxy groups -OCH3 is 1. The maximum absolute atomic E-state index is 6.25. The highest BCUT2D eigenvalue weighted by molar-refractivity contribution is 6.32. The van der Waals surface area contributed by atoms with Gasteiger partial charge in [-0.25, -0.2) is 4.99 Å². The average molecular weight is 363 g/mol. The molecule has 0 fully saturated rings. The summed E-state index contributed by atoms with van der Waals surface area (Å²) >= 11 is 6.25. The highest BCUT2D eigenvalue weighted by atomic mass is 35.5. The third-order valence-electron chi connectivity index (χ3n) is 3.42. The molecule has 0 aliphatic carbocycles. The number of nitrogens with one attached hydrogen (secondary N) is 1. The van der Waals surface area contributed by atoms with Crippen LogP contribution in [0, 0.1) is 0 Å². The van der Waals surface area contributed by atoms with E-state index in [0.717, 1.165) is 17.7 Å². The minimum Gasteiger partial charge on any atom is -0.493 e. The maximum atomic E-state index is 6.25. The molecule has 7 heteroatoms. The molecule has 6 nitrogen and oxygen atoms in total. The van der Waals surface area contributed by atoms with Crippen molar-refractivity contribution in [1.29, 1.82) is 0 Å². The van der Waals surface area contributed by atoms with Crippen LogP contribution in [0.15, 0.2) is 41.5 Å². The standard InChI is InChI=1S/C18H23ClN4O2/c1-3-25-17-15(19)10-13(11-16(17)24-2)12-23-18(20)22-9-7-14-6-4-5-8-21-14/h4-6,8,10-11H,3,7,9,12H2,1-2H3,(H3,20,22,23). The Morgan fingerprint density at radius 3 is 2.88 bits per heavy atom. The first-order valence-electron chi connectivity index (χ1n) is 8.07. The molecular formula is C18H23ClN4O2. The molecule has 0 atom stereocenters. The van der Waals surface area contributed by atoms with Crippen molar-refractivity contribution < 1.29 is 9.47 Å². The number of aliphatic imine (C=N–C) groups is 1. The van der Waals surface area contributed by atoms with Crippen LogP contribution in [0.4, 0.5) is 0 Å². The van der Waals surface area contributed by atoms with Gasteiger partial charge in [0.15, 0.2) is 17.5 Å². The summed E-state index contributed by atoms with van der Waals surface area (Å²) in [5, 5.41) is 3.57. The summed E-state index contributed by atoms with van der Waals surface area (Å²) < 4.78 is 10.8. The Morgan fingerprint density at radius 1 is 1.36 bits per heavy atom. The van der Waals surface area contributed by atoms with Gasteiger partial charge in [-0.1, -0.05) is 17.7 Å². The van der Waals surface area contributed by atoms with Crippen molar-refractivity contribution in [2.24, 2.45) is 10.7 Å². The van der Waals surface area contributed by atoms with E-state index in [4.69, 9.17) is 26.8 Å². The second-order valence-electron chi connectivity index (χ2n) is 5.24. The Kier molecular flexibility index (Phi) is 7.35.